The summed E-state index contributed by atoms with van der Waals surface area (Å²) >= 11 is 3.16. The van der Waals surface area contributed by atoms with Crippen LogP contribution < -0.4 is 5.32 Å². The van der Waals surface area contributed by atoms with Crippen molar-refractivity contribution < 1.29 is 13.7 Å². The number of nitrogens with zero attached hydrogens (tertiary/aromatic N) is 2. The van der Waals surface area contributed by atoms with Gasteiger partial charge in [-0.15, -0.1) is 0 Å². The highest BCUT2D eigenvalue weighted by atomic mass is 79.9. The number of fused-ring (bicyclic) bond motifs is 1. The highest BCUT2D eigenvalue weighted by molar-refractivity contribution is 9.10. The van der Waals surface area contributed by atoms with E-state index in [0.29, 0.717) is 15.6 Å². The average Bonchev–Trinajstić information content (AvgIpc) is 2.83. The van der Waals surface area contributed by atoms with Crippen molar-refractivity contribution >= 4 is 44.4 Å². The van der Waals surface area contributed by atoms with Gasteiger partial charge < -0.3 is 9.73 Å². The average molecular weight is 352 g/mol. The van der Waals surface area contributed by atoms with Crippen molar-refractivity contribution in [1.29, 1.82) is 0 Å². The zero-order valence-electron chi connectivity index (χ0n) is 10.3. The second-order valence-corrected chi connectivity index (χ2v) is 5.09. The summed E-state index contributed by atoms with van der Waals surface area (Å²) in [5, 5.41) is 13.4. The molecule has 0 atom stereocenters. The first-order chi connectivity index (χ1) is 10.0. The zero-order valence-corrected chi connectivity index (χ0v) is 11.9. The Morgan fingerprint density at radius 2 is 2.10 bits per heavy atom. The van der Waals surface area contributed by atoms with Crippen molar-refractivity contribution in [1.82, 2.24) is 4.98 Å². The van der Waals surface area contributed by atoms with Crippen LogP contribution in [-0.2, 0) is 0 Å². The fraction of sp³-hybridized carbons (Fsp3) is 0. The standard InChI is InChI=1S/C13H7BrFN3O3/c14-7-1-3-10(9(15)5-7)16-13-17-11-6-8(18(19)20)2-4-12(11)21-13/h1-6H,(H,16,17). The number of anilines is 2. The van der Waals surface area contributed by atoms with Gasteiger partial charge in [0.15, 0.2) is 5.58 Å². The van der Waals surface area contributed by atoms with Crippen LogP contribution in [0.5, 0.6) is 0 Å². The topological polar surface area (TPSA) is 81.2 Å². The summed E-state index contributed by atoms with van der Waals surface area (Å²) in [7, 11) is 0. The van der Waals surface area contributed by atoms with Gasteiger partial charge in [-0.25, -0.2) is 4.39 Å². The quantitative estimate of drug-likeness (QED) is 0.559. The number of hydrogen-bond donors (Lipinski definition) is 1. The number of nitro groups is 1. The Morgan fingerprint density at radius 1 is 1.29 bits per heavy atom. The van der Waals surface area contributed by atoms with Crippen LogP contribution in [0.4, 0.5) is 21.8 Å². The van der Waals surface area contributed by atoms with Gasteiger partial charge in [0.05, 0.1) is 10.6 Å². The second kappa shape index (κ2) is 5.13. The van der Waals surface area contributed by atoms with Crippen molar-refractivity contribution in [3.63, 3.8) is 0 Å². The summed E-state index contributed by atoms with van der Waals surface area (Å²) in [6.07, 6.45) is 0. The predicted octanol–water partition coefficient (Wildman–Crippen LogP) is 4.38. The number of non-ortho nitro benzene ring substituents is 1. The molecule has 1 aromatic heterocycles. The van der Waals surface area contributed by atoms with Crippen LogP contribution >= 0.6 is 15.9 Å². The maximum atomic E-state index is 13.7. The van der Waals surface area contributed by atoms with E-state index >= 15 is 0 Å². The van der Waals surface area contributed by atoms with Crippen molar-refractivity contribution in [2.24, 2.45) is 0 Å². The molecule has 0 fully saturated rings. The minimum absolute atomic E-state index is 0.0618. The molecule has 21 heavy (non-hydrogen) atoms. The van der Waals surface area contributed by atoms with E-state index in [1.807, 2.05) is 0 Å². The highest BCUT2D eigenvalue weighted by Crippen LogP contribution is 2.27. The Hall–Kier alpha value is -2.48. The van der Waals surface area contributed by atoms with Crippen molar-refractivity contribution in [2.45, 2.75) is 0 Å². The zero-order chi connectivity index (χ0) is 15.0. The first kappa shape index (κ1) is 13.5. The molecule has 0 aliphatic rings. The maximum absolute atomic E-state index is 13.7. The number of rotatable bonds is 3. The number of benzene rings is 2. The van der Waals surface area contributed by atoms with E-state index in [4.69, 9.17) is 4.42 Å². The lowest BCUT2D eigenvalue weighted by atomic mass is 10.3. The molecule has 3 aromatic rings. The minimum atomic E-state index is -0.518. The Bertz CT molecular complexity index is 850. The van der Waals surface area contributed by atoms with Crippen LogP contribution in [0.25, 0.3) is 11.1 Å². The lowest BCUT2D eigenvalue weighted by molar-refractivity contribution is -0.384. The normalized spacial score (nSPS) is 10.8. The number of oxazole rings is 1. The van der Waals surface area contributed by atoms with E-state index in [2.05, 4.69) is 26.2 Å². The lowest BCUT2D eigenvalue weighted by Gasteiger charge is -2.02. The van der Waals surface area contributed by atoms with Gasteiger partial charge in [-0.3, -0.25) is 10.1 Å². The van der Waals surface area contributed by atoms with E-state index in [0.717, 1.165) is 0 Å². The van der Waals surface area contributed by atoms with E-state index in [9.17, 15) is 14.5 Å². The Morgan fingerprint density at radius 3 is 2.81 bits per heavy atom. The third-order valence-electron chi connectivity index (χ3n) is 2.75. The summed E-state index contributed by atoms with van der Waals surface area (Å²) in [5.41, 5.74) is 0.807. The van der Waals surface area contributed by atoms with E-state index < -0.39 is 10.7 Å². The summed E-state index contributed by atoms with van der Waals surface area (Å²) in [5.74, 6) is -0.474. The molecule has 0 unspecified atom stereocenters. The van der Waals surface area contributed by atoms with Gasteiger partial charge >= 0.3 is 0 Å². The van der Waals surface area contributed by atoms with Crippen LogP contribution in [-0.4, -0.2) is 9.91 Å². The fourth-order valence-corrected chi connectivity index (χ4v) is 2.12. The third-order valence-corrected chi connectivity index (χ3v) is 3.25. The Kier molecular flexibility index (Phi) is 3.30. The van der Waals surface area contributed by atoms with Crippen molar-refractivity contribution in [3.8, 4) is 0 Å². The lowest BCUT2D eigenvalue weighted by Crippen LogP contribution is -1.93. The van der Waals surface area contributed by atoms with Crippen LogP contribution in [0.1, 0.15) is 0 Å². The SMILES string of the molecule is O=[N+]([O-])c1ccc2oc(Nc3ccc(Br)cc3F)nc2c1. The molecule has 1 heterocycles. The van der Waals surface area contributed by atoms with Crippen molar-refractivity contribution in [3.05, 3.63) is 56.8 Å². The molecule has 1 N–H and O–H groups in total. The summed E-state index contributed by atoms with van der Waals surface area (Å²) in [6, 6.07) is 8.61. The number of nitrogens with one attached hydrogen (secondary N) is 1. The molecule has 0 spiro atoms. The molecule has 106 valence electrons. The highest BCUT2D eigenvalue weighted by Gasteiger charge is 2.12. The first-order valence-corrected chi connectivity index (χ1v) is 6.59. The maximum Gasteiger partial charge on any atom is 0.300 e. The van der Waals surface area contributed by atoms with Gasteiger partial charge in [0.25, 0.3) is 11.7 Å². The largest absolute Gasteiger partial charge is 0.423 e. The molecule has 0 radical (unpaired) electrons. The summed E-state index contributed by atoms with van der Waals surface area (Å²) in [6.45, 7) is 0. The minimum Gasteiger partial charge on any atom is -0.423 e. The van der Waals surface area contributed by atoms with Gasteiger partial charge in [-0.1, -0.05) is 15.9 Å². The van der Waals surface area contributed by atoms with Gasteiger partial charge in [0, 0.05) is 16.6 Å². The van der Waals surface area contributed by atoms with Crippen LogP contribution in [0.3, 0.4) is 0 Å². The Labute approximate surface area is 125 Å². The molecule has 0 saturated heterocycles. The molecular weight excluding hydrogens is 345 g/mol. The number of nitro benzene ring substituents is 1. The first-order valence-electron chi connectivity index (χ1n) is 5.80. The molecule has 0 saturated carbocycles. The van der Waals surface area contributed by atoms with E-state index in [1.54, 1.807) is 6.07 Å². The third kappa shape index (κ3) is 2.70. The number of hydrogen-bond acceptors (Lipinski definition) is 5. The second-order valence-electron chi connectivity index (χ2n) is 4.18. The molecule has 2 aromatic carbocycles. The number of aromatic nitrogens is 1. The fourth-order valence-electron chi connectivity index (χ4n) is 1.79. The molecule has 6 nitrogen and oxygen atoms in total. The van der Waals surface area contributed by atoms with Gasteiger partial charge in [0.1, 0.15) is 11.3 Å². The molecule has 0 aliphatic carbocycles. The molecular formula is C13H7BrFN3O3. The molecule has 0 bridgehead atoms. The Balaban J connectivity index is 1.95. The molecule has 8 heteroatoms. The van der Waals surface area contributed by atoms with E-state index in [1.165, 1.54) is 30.3 Å². The summed E-state index contributed by atoms with van der Waals surface area (Å²) < 4.78 is 19.7. The van der Waals surface area contributed by atoms with E-state index in [-0.39, 0.29) is 17.4 Å². The number of halogens is 2. The molecule has 0 amide bonds. The van der Waals surface area contributed by atoms with Gasteiger partial charge in [-0.05, 0) is 24.3 Å². The summed E-state index contributed by atoms with van der Waals surface area (Å²) in [4.78, 5) is 14.2. The smallest absolute Gasteiger partial charge is 0.300 e. The van der Waals surface area contributed by atoms with Crippen molar-refractivity contribution in [2.75, 3.05) is 5.32 Å². The van der Waals surface area contributed by atoms with Crippen LogP contribution in [0.2, 0.25) is 0 Å². The van der Waals surface area contributed by atoms with Crippen LogP contribution in [0, 0.1) is 15.9 Å². The van der Waals surface area contributed by atoms with Gasteiger partial charge in [0.2, 0.25) is 0 Å². The predicted molar refractivity (Wildman–Crippen MR) is 78.0 cm³/mol. The van der Waals surface area contributed by atoms with Gasteiger partial charge in [-0.2, -0.15) is 4.98 Å². The molecule has 3 rings (SSSR count). The molecule has 0 aliphatic heterocycles. The monoisotopic (exact) mass is 351 g/mol. The van der Waals surface area contributed by atoms with Crippen LogP contribution in [0.15, 0.2) is 45.3 Å².